The summed E-state index contributed by atoms with van der Waals surface area (Å²) >= 11 is 6.07. The average molecular weight is 338 g/mol. The van der Waals surface area contributed by atoms with Gasteiger partial charge in [0.2, 0.25) is 5.91 Å². The zero-order valence-corrected chi connectivity index (χ0v) is 14.1. The lowest BCUT2D eigenvalue weighted by Gasteiger charge is -2.34. The van der Waals surface area contributed by atoms with Crippen molar-refractivity contribution in [3.8, 4) is 5.75 Å². The second kappa shape index (κ2) is 7.99. The van der Waals surface area contributed by atoms with Gasteiger partial charge < -0.3 is 10.1 Å². The lowest BCUT2D eigenvalue weighted by atomic mass is 10.3. The first-order valence-electron chi connectivity index (χ1n) is 8.32. The molecule has 1 aromatic rings. The van der Waals surface area contributed by atoms with Crippen molar-refractivity contribution in [1.82, 2.24) is 15.1 Å². The fraction of sp³-hybridized carbons (Fsp3) is 0.588. The van der Waals surface area contributed by atoms with Gasteiger partial charge >= 0.3 is 0 Å². The van der Waals surface area contributed by atoms with Crippen molar-refractivity contribution in [3.05, 3.63) is 29.3 Å². The molecule has 1 aromatic carbocycles. The third kappa shape index (κ3) is 5.37. The van der Waals surface area contributed by atoms with Crippen LogP contribution in [-0.2, 0) is 4.79 Å². The van der Waals surface area contributed by atoms with E-state index in [2.05, 4.69) is 15.1 Å². The Labute approximate surface area is 142 Å². The minimum Gasteiger partial charge on any atom is -0.491 e. The third-order valence-electron chi connectivity index (χ3n) is 4.28. The van der Waals surface area contributed by atoms with Gasteiger partial charge in [-0.3, -0.25) is 14.6 Å². The summed E-state index contributed by atoms with van der Waals surface area (Å²) in [5.41, 5.74) is 0. The van der Waals surface area contributed by atoms with Crippen molar-refractivity contribution in [2.45, 2.75) is 18.9 Å². The van der Waals surface area contributed by atoms with Crippen molar-refractivity contribution in [3.63, 3.8) is 0 Å². The van der Waals surface area contributed by atoms with Crippen LogP contribution in [0.3, 0.4) is 0 Å². The standard InChI is InChI=1S/C17H24ClN3O2/c18-15-3-1-2-4-16(15)23-12-11-20-7-9-21(10-8-20)13-17(22)19-14-5-6-14/h1-4,14H,5-13H2,(H,19,22). The quantitative estimate of drug-likeness (QED) is 0.821. The molecule has 1 saturated heterocycles. The number of nitrogens with one attached hydrogen (secondary N) is 1. The fourth-order valence-corrected chi connectivity index (χ4v) is 2.91. The van der Waals surface area contributed by atoms with Crippen LogP contribution in [0.15, 0.2) is 24.3 Å². The Morgan fingerprint density at radius 1 is 1.17 bits per heavy atom. The third-order valence-corrected chi connectivity index (χ3v) is 4.59. The predicted molar refractivity (Wildman–Crippen MR) is 91.0 cm³/mol. The largest absolute Gasteiger partial charge is 0.491 e. The summed E-state index contributed by atoms with van der Waals surface area (Å²) in [6.07, 6.45) is 2.29. The van der Waals surface area contributed by atoms with Crippen LogP contribution in [0.2, 0.25) is 5.02 Å². The predicted octanol–water partition coefficient (Wildman–Crippen LogP) is 1.61. The van der Waals surface area contributed by atoms with Gasteiger partial charge in [-0.15, -0.1) is 0 Å². The maximum absolute atomic E-state index is 11.8. The van der Waals surface area contributed by atoms with Crippen molar-refractivity contribution in [2.24, 2.45) is 0 Å². The van der Waals surface area contributed by atoms with E-state index in [1.807, 2.05) is 24.3 Å². The summed E-state index contributed by atoms with van der Waals surface area (Å²) in [6, 6.07) is 7.99. The summed E-state index contributed by atoms with van der Waals surface area (Å²) in [5.74, 6) is 0.910. The van der Waals surface area contributed by atoms with Gasteiger partial charge in [0.15, 0.2) is 0 Å². The summed E-state index contributed by atoms with van der Waals surface area (Å²) < 4.78 is 5.73. The zero-order chi connectivity index (χ0) is 16.1. The number of hydrogen-bond donors (Lipinski definition) is 1. The molecule has 1 aliphatic carbocycles. The van der Waals surface area contributed by atoms with Gasteiger partial charge in [-0.2, -0.15) is 0 Å². The molecule has 0 radical (unpaired) electrons. The molecule has 126 valence electrons. The van der Waals surface area contributed by atoms with Crippen LogP contribution in [0.5, 0.6) is 5.75 Å². The molecule has 1 amide bonds. The minimum absolute atomic E-state index is 0.169. The van der Waals surface area contributed by atoms with Gasteiger partial charge in [-0.1, -0.05) is 23.7 Å². The van der Waals surface area contributed by atoms with E-state index in [4.69, 9.17) is 16.3 Å². The Morgan fingerprint density at radius 2 is 1.87 bits per heavy atom. The molecule has 5 nitrogen and oxygen atoms in total. The minimum atomic E-state index is 0.169. The van der Waals surface area contributed by atoms with Crippen LogP contribution in [0.25, 0.3) is 0 Å². The van der Waals surface area contributed by atoms with Gasteiger partial charge in [-0.05, 0) is 25.0 Å². The molecule has 6 heteroatoms. The summed E-state index contributed by atoms with van der Waals surface area (Å²) in [7, 11) is 0. The van der Waals surface area contributed by atoms with Gasteiger partial charge in [-0.25, -0.2) is 0 Å². The summed E-state index contributed by atoms with van der Waals surface area (Å²) in [6.45, 7) is 5.86. The van der Waals surface area contributed by atoms with E-state index in [9.17, 15) is 4.79 Å². The molecular weight excluding hydrogens is 314 g/mol. The number of piperazine rings is 1. The topological polar surface area (TPSA) is 44.8 Å². The number of rotatable bonds is 7. The first-order valence-corrected chi connectivity index (χ1v) is 8.70. The number of amides is 1. The van der Waals surface area contributed by atoms with E-state index in [1.165, 1.54) is 0 Å². The Morgan fingerprint density at radius 3 is 2.57 bits per heavy atom. The van der Waals surface area contributed by atoms with Gasteiger partial charge in [0.25, 0.3) is 0 Å². The number of carbonyl (C=O) groups is 1. The van der Waals surface area contributed by atoms with Gasteiger partial charge in [0, 0.05) is 38.8 Å². The van der Waals surface area contributed by atoms with Crippen molar-refractivity contribution < 1.29 is 9.53 Å². The van der Waals surface area contributed by atoms with E-state index in [0.29, 0.717) is 24.2 Å². The lowest BCUT2D eigenvalue weighted by Crippen LogP contribution is -2.50. The molecule has 3 rings (SSSR count). The number of para-hydroxylation sites is 1. The molecule has 0 atom stereocenters. The van der Waals surface area contributed by atoms with Crippen LogP contribution < -0.4 is 10.1 Å². The van der Waals surface area contributed by atoms with Crippen molar-refractivity contribution in [1.29, 1.82) is 0 Å². The molecule has 2 fully saturated rings. The van der Waals surface area contributed by atoms with E-state index >= 15 is 0 Å². The Kier molecular flexibility index (Phi) is 5.75. The first-order chi connectivity index (χ1) is 11.2. The maximum atomic E-state index is 11.8. The normalized spacial score (nSPS) is 19.5. The zero-order valence-electron chi connectivity index (χ0n) is 13.3. The highest BCUT2D eigenvalue weighted by Crippen LogP contribution is 2.23. The first kappa shape index (κ1) is 16.6. The molecular formula is C17H24ClN3O2. The SMILES string of the molecule is O=C(CN1CCN(CCOc2ccccc2Cl)CC1)NC1CC1. The lowest BCUT2D eigenvalue weighted by molar-refractivity contribution is -0.122. The molecule has 0 unspecified atom stereocenters. The van der Waals surface area contributed by atoms with Crippen LogP contribution in [0, 0.1) is 0 Å². The summed E-state index contributed by atoms with van der Waals surface area (Å²) in [5, 5.41) is 3.70. The smallest absolute Gasteiger partial charge is 0.234 e. The average Bonchev–Trinajstić information content (AvgIpc) is 3.35. The number of ether oxygens (including phenoxy) is 1. The van der Waals surface area contributed by atoms with E-state index < -0.39 is 0 Å². The Balaban J connectivity index is 1.31. The highest BCUT2D eigenvalue weighted by atomic mass is 35.5. The molecule has 1 heterocycles. The second-order valence-electron chi connectivity index (χ2n) is 6.24. The summed E-state index contributed by atoms with van der Waals surface area (Å²) in [4.78, 5) is 16.4. The fourth-order valence-electron chi connectivity index (χ4n) is 2.72. The van der Waals surface area contributed by atoms with E-state index in [-0.39, 0.29) is 5.91 Å². The molecule has 1 aliphatic heterocycles. The number of hydrogen-bond acceptors (Lipinski definition) is 4. The van der Waals surface area contributed by atoms with Gasteiger partial charge in [0.1, 0.15) is 12.4 Å². The van der Waals surface area contributed by atoms with Crippen LogP contribution in [0.1, 0.15) is 12.8 Å². The molecule has 0 aromatic heterocycles. The highest BCUT2D eigenvalue weighted by molar-refractivity contribution is 6.32. The molecule has 0 bridgehead atoms. The molecule has 2 aliphatic rings. The molecule has 0 spiro atoms. The van der Waals surface area contributed by atoms with Crippen LogP contribution in [0.4, 0.5) is 0 Å². The van der Waals surface area contributed by atoms with E-state index in [1.54, 1.807) is 0 Å². The van der Waals surface area contributed by atoms with Crippen molar-refractivity contribution in [2.75, 3.05) is 45.9 Å². The second-order valence-corrected chi connectivity index (χ2v) is 6.65. The Bertz CT molecular complexity index is 528. The van der Waals surface area contributed by atoms with Crippen molar-refractivity contribution >= 4 is 17.5 Å². The van der Waals surface area contributed by atoms with Crippen LogP contribution in [-0.4, -0.2) is 67.6 Å². The number of nitrogens with zero attached hydrogens (tertiary/aromatic N) is 2. The maximum Gasteiger partial charge on any atom is 0.234 e. The molecule has 1 saturated carbocycles. The molecule has 1 N–H and O–H groups in total. The number of halogens is 1. The monoisotopic (exact) mass is 337 g/mol. The number of carbonyl (C=O) groups excluding carboxylic acids is 1. The highest BCUT2D eigenvalue weighted by Gasteiger charge is 2.25. The Hall–Kier alpha value is -1.30. The van der Waals surface area contributed by atoms with Gasteiger partial charge in [0.05, 0.1) is 11.6 Å². The van der Waals surface area contributed by atoms with E-state index in [0.717, 1.165) is 51.3 Å². The number of benzene rings is 1. The van der Waals surface area contributed by atoms with Crippen LogP contribution >= 0.6 is 11.6 Å². The molecule has 23 heavy (non-hydrogen) atoms.